The van der Waals surface area contributed by atoms with Crippen LogP contribution in [0.3, 0.4) is 0 Å². The molecule has 3 rings (SSSR count). The Morgan fingerprint density at radius 1 is 1.29 bits per heavy atom. The Morgan fingerprint density at radius 2 is 2.14 bits per heavy atom. The van der Waals surface area contributed by atoms with Crippen molar-refractivity contribution in [2.75, 3.05) is 13.1 Å². The molecule has 2 fully saturated rings. The topological polar surface area (TPSA) is 109 Å². The van der Waals surface area contributed by atoms with Crippen LogP contribution in [0.2, 0.25) is 0 Å². The Bertz CT molecular complexity index is 538. The minimum absolute atomic E-state index is 0.00400. The predicted octanol–water partition coefficient (Wildman–Crippen LogP) is 0.573. The third-order valence-corrected chi connectivity index (χ3v) is 4.04. The lowest BCUT2D eigenvalue weighted by molar-refractivity contribution is -0.143. The third kappa shape index (κ3) is 2.76. The number of nitrogens with one attached hydrogen (secondary N) is 1. The second-order valence-corrected chi connectivity index (χ2v) is 5.45. The summed E-state index contributed by atoms with van der Waals surface area (Å²) in [6.07, 6.45) is 4.01. The van der Waals surface area contributed by atoms with Crippen LogP contribution in [-0.2, 0) is 4.79 Å². The number of hydrogen-bond donors (Lipinski definition) is 2. The molecule has 8 heteroatoms. The summed E-state index contributed by atoms with van der Waals surface area (Å²) >= 11 is 0. The van der Waals surface area contributed by atoms with Crippen LogP contribution in [-0.4, -0.2) is 51.2 Å². The first-order valence-electron chi connectivity index (χ1n) is 7.27. The molecule has 114 valence electrons. The number of hydrogen-bond acceptors (Lipinski definition) is 6. The minimum atomic E-state index is -0.982. The van der Waals surface area contributed by atoms with Crippen LogP contribution in [0.1, 0.15) is 54.7 Å². The fourth-order valence-electron chi connectivity index (χ4n) is 2.92. The van der Waals surface area contributed by atoms with Crippen LogP contribution in [0.15, 0.2) is 4.52 Å². The van der Waals surface area contributed by atoms with Gasteiger partial charge in [0.2, 0.25) is 5.89 Å². The van der Waals surface area contributed by atoms with E-state index in [0.717, 1.165) is 32.2 Å². The summed E-state index contributed by atoms with van der Waals surface area (Å²) in [6, 6.07) is -0.798. The summed E-state index contributed by atoms with van der Waals surface area (Å²) in [6.45, 7) is 1.31. The molecule has 1 unspecified atom stereocenters. The molecule has 0 aromatic carbocycles. The highest BCUT2D eigenvalue weighted by molar-refractivity contribution is 5.93. The van der Waals surface area contributed by atoms with Crippen molar-refractivity contribution in [1.82, 2.24) is 20.4 Å². The number of piperidine rings is 1. The van der Waals surface area contributed by atoms with Crippen molar-refractivity contribution in [2.24, 2.45) is 0 Å². The van der Waals surface area contributed by atoms with E-state index in [1.165, 1.54) is 4.90 Å². The number of carboxylic acid groups (broad SMARTS) is 1. The van der Waals surface area contributed by atoms with Crippen LogP contribution in [0, 0.1) is 0 Å². The van der Waals surface area contributed by atoms with E-state index in [-0.39, 0.29) is 11.9 Å². The van der Waals surface area contributed by atoms with Gasteiger partial charge in [0.05, 0.1) is 6.04 Å². The lowest BCUT2D eigenvalue weighted by Gasteiger charge is -2.31. The summed E-state index contributed by atoms with van der Waals surface area (Å²) in [4.78, 5) is 29.1. The fourth-order valence-corrected chi connectivity index (χ4v) is 2.92. The van der Waals surface area contributed by atoms with Crippen molar-refractivity contribution in [1.29, 1.82) is 0 Å². The SMILES string of the molecule is O=C(O)[C@H]1CCCCN1C(=O)c1noc(C2CCCN2)n1. The normalized spacial score (nSPS) is 26.0. The molecule has 2 saturated heterocycles. The molecule has 0 saturated carbocycles. The Labute approximate surface area is 121 Å². The van der Waals surface area contributed by atoms with Crippen LogP contribution in [0.25, 0.3) is 0 Å². The number of carbonyl (C=O) groups is 2. The van der Waals surface area contributed by atoms with E-state index in [2.05, 4.69) is 15.5 Å². The van der Waals surface area contributed by atoms with Gasteiger partial charge < -0.3 is 19.8 Å². The minimum Gasteiger partial charge on any atom is -0.480 e. The molecule has 0 radical (unpaired) electrons. The summed E-state index contributed by atoms with van der Waals surface area (Å²) in [5, 5.41) is 16.1. The van der Waals surface area contributed by atoms with Gasteiger partial charge in [-0.2, -0.15) is 4.98 Å². The molecule has 2 N–H and O–H groups in total. The molecule has 21 heavy (non-hydrogen) atoms. The summed E-state index contributed by atoms with van der Waals surface area (Å²) < 4.78 is 5.14. The molecular weight excluding hydrogens is 276 g/mol. The second-order valence-electron chi connectivity index (χ2n) is 5.45. The lowest BCUT2D eigenvalue weighted by atomic mass is 10.0. The molecule has 1 aromatic heterocycles. The molecule has 3 heterocycles. The standard InChI is InChI=1S/C13H18N4O4/c18-12(17-7-2-1-5-9(17)13(19)20)10-15-11(21-16-10)8-4-3-6-14-8/h8-9,14H,1-7H2,(H,19,20)/t8?,9-/m1/s1. The average Bonchev–Trinajstić information content (AvgIpc) is 3.17. The summed E-state index contributed by atoms with van der Waals surface area (Å²) in [5.74, 6) is -1.09. The first-order valence-corrected chi connectivity index (χ1v) is 7.27. The van der Waals surface area contributed by atoms with E-state index >= 15 is 0 Å². The third-order valence-electron chi connectivity index (χ3n) is 4.04. The molecule has 0 spiro atoms. The Balaban J connectivity index is 1.76. The van der Waals surface area contributed by atoms with Gasteiger partial charge in [0.15, 0.2) is 0 Å². The fraction of sp³-hybridized carbons (Fsp3) is 0.692. The maximum absolute atomic E-state index is 12.4. The van der Waals surface area contributed by atoms with Crippen LogP contribution >= 0.6 is 0 Å². The molecule has 1 amide bonds. The van der Waals surface area contributed by atoms with E-state index in [0.29, 0.717) is 18.9 Å². The molecule has 2 aliphatic rings. The Hall–Kier alpha value is -1.96. The van der Waals surface area contributed by atoms with Gasteiger partial charge in [0.25, 0.3) is 11.7 Å². The van der Waals surface area contributed by atoms with E-state index in [9.17, 15) is 14.7 Å². The molecule has 1 aromatic rings. The Kier molecular flexibility index (Phi) is 3.87. The number of carboxylic acids is 1. The van der Waals surface area contributed by atoms with Crippen molar-refractivity contribution in [3.63, 3.8) is 0 Å². The quantitative estimate of drug-likeness (QED) is 0.839. The maximum atomic E-state index is 12.4. The Morgan fingerprint density at radius 3 is 2.86 bits per heavy atom. The second kappa shape index (κ2) is 5.80. The molecular formula is C13H18N4O4. The number of likely N-dealkylation sites (tertiary alicyclic amines) is 1. The van der Waals surface area contributed by atoms with Crippen molar-refractivity contribution in [2.45, 2.75) is 44.2 Å². The summed E-state index contributed by atoms with van der Waals surface area (Å²) in [5.41, 5.74) is 0. The van der Waals surface area contributed by atoms with Crippen molar-refractivity contribution < 1.29 is 19.2 Å². The molecule has 0 bridgehead atoms. The van der Waals surface area contributed by atoms with Crippen molar-refractivity contribution >= 4 is 11.9 Å². The number of nitrogens with zero attached hydrogens (tertiary/aromatic N) is 3. The van der Waals surface area contributed by atoms with Gasteiger partial charge in [0.1, 0.15) is 6.04 Å². The maximum Gasteiger partial charge on any atom is 0.326 e. The highest BCUT2D eigenvalue weighted by Crippen LogP contribution is 2.23. The number of carbonyl (C=O) groups excluding carboxylic acids is 1. The lowest BCUT2D eigenvalue weighted by Crippen LogP contribution is -2.48. The average molecular weight is 294 g/mol. The van der Waals surface area contributed by atoms with Gasteiger partial charge in [-0.1, -0.05) is 5.16 Å². The van der Waals surface area contributed by atoms with E-state index < -0.39 is 17.9 Å². The zero-order valence-electron chi connectivity index (χ0n) is 11.6. The van der Waals surface area contributed by atoms with E-state index in [1.54, 1.807) is 0 Å². The number of rotatable bonds is 3. The number of aromatic nitrogens is 2. The van der Waals surface area contributed by atoms with Gasteiger partial charge in [-0.15, -0.1) is 0 Å². The largest absolute Gasteiger partial charge is 0.480 e. The van der Waals surface area contributed by atoms with Crippen LogP contribution in [0.5, 0.6) is 0 Å². The zero-order chi connectivity index (χ0) is 14.8. The first-order chi connectivity index (χ1) is 10.2. The smallest absolute Gasteiger partial charge is 0.326 e. The highest BCUT2D eigenvalue weighted by atomic mass is 16.5. The van der Waals surface area contributed by atoms with E-state index in [1.807, 2.05) is 0 Å². The highest BCUT2D eigenvalue weighted by Gasteiger charge is 2.35. The van der Waals surface area contributed by atoms with Gasteiger partial charge in [-0.05, 0) is 38.6 Å². The van der Waals surface area contributed by atoms with Crippen molar-refractivity contribution in [3.05, 3.63) is 11.7 Å². The van der Waals surface area contributed by atoms with Crippen LogP contribution < -0.4 is 5.32 Å². The molecule has 2 aliphatic heterocycles. The van der Waals surface area contributed by atoms with Crippen LogP contribution in [0.4, 0.5) is 0 Å². The van der Waals surface area contributed by atoms with Gasteiger partial charge in [-0.3, -0.25) is 4.79 Å². The van der Waals surface area contributed by atoms with Crippen molar-refractivity contribution in [3.8, 4) is 0 Å². The van der Waals surface area contributed by atoms with Gasteiger partial charge in [0, 0.05) is 6.54 Å². The van der Waals surface area contributed by atoms with E-state index in [4.69, 9.17) is 4.52 Å². The monoisotopic (exact) mass is 294 g/mol. The first kappa shape index (κ1) is 14.0. The zero-order valence-corrected chi connectivity index (χ0v) is 11.6. The predicted molar refractivity (Wildman–Crippen MR) is 70.6 cm³/mol. The number of amides is 1. The van der Waals surface area contributed by atoms with Gasteiger partial charge in [-0.25, -0.2) is 4.79 Å². The molecule has 8 nitrogen and oxygen atoms in total. The number of aliphatic carboxylic acids is 1. The molecule has 0 aliphatic carbocycles. The summed E-state index contributed by atoms with van der Waals surface area (Å²) in [7, 11) is 0. The molecule has 2 atom stereocenters. The van der Waals surface area contributed by atoms with Gasteiger partial charge >= 0.3 is 5.97 Å².